The van der Waals surface area contributed by atoms with Crippen LogP contribution in [0.2, 0.25) is 0 Å². The number of aryl methyl sites for hydroxylation is 2. The first-order valence-electron chi connectivity index (χ1n) is 8.22. The molecule has 1 aliphatic rings. The fourth-order valence-corrected chi connectivity index (χ4v) is 3.44. The zero-order chi connectivity index (χ0) is 16.0. The van der Waals surface area contributed by atoms with Gasteiger partial charge in [0.2, 0.25) is 0 Å². The van der Waals surface area contributed by atoms with Crippen molar-refractivity contribution in [1.82, 2.24) is 19.9 Å². The normalized spacial score (nSPS) is 17.2. The van der Waals surface area contributed by atoms with Crippen molar-refractivity contribution < 1.29 is 4.42 Å². The molecule has 1 fully saturated rings. The summed E-state index contributed by atoms with van der Waals surface area (Å²) in [6.45, 7) is 6.20. The number of piperidine rings is 1. The summed E-state index contributed by atoms with van der Waals surface area (Å²) in [4.78, 5) is 15.2. The predicted octanol–water partition coefficient (Wildman–Crippen LogP) is 3.64. The third-order valence-corrected chi connectivity index (χ3v) is 4.80. The maximum Gasteiger partial charge on any atom is 0.132 e. The summed E-state index contributed by atoms with van der Waals surface area (Å²) in [6.07, 6.45) is 4.19. The minimum absolute atomic E-state index is 0.479. The lowest BCUT2D eigenvalue weighted by molar-refractivity contribution is 0.251. The zero-order valence-corrected chi connectivity index (χ0v) is 13.9. The number of H-pyrrole nitrogens is 1. The summed E-state index contributed by atoms with van der Waals surface area (Å²) in [5.41, 5.74) is 4.11. The van der Waals surface area contributed by atoms with Crippen LogP contribution in [0.3, 0.4) is 0 Å². The highest BCUT2D eigenvalue weighted by molar-refractivity contribution is 5.82. The van der Waals surface area contributed by atoms with Gasteiger partial charge in [0.05, 0.1) is 22.9 Å². The number of fused-ring (bicyclic) bond motifs is 1. The maximum absolute atomic E-state index is 5.63. The lowest BCUT2D eigenvalue weighted by Crippen LogP contribution is -2.29. The first-order chi connectivity index (χ1) is 11.1. The number of nitrogens with zero attached hydrogens (tertiary/aromatic N) is 3. The number of hydrogen-bond acceptors (Lipinski definition) is 4. The maximum atomic E-state index is 5.63. The van der Waals surface area contributed by atoms with E-state index in [-0.39, 0.29) is 0 Å². The van der Waals surface area contributed by atoms with Gasteiger partial charge in [-0.15, -0.1) is 0 Å². The Morgan fingerprint density at radius 3 is 2.70 bits per heavy atom. The molecule has 1 saturated heterocycles. The Morgan fingerprint density at radius 1 is 1.22 bits per heavy atom. The smallest absolute Gasteiger partial charge is 0.132 e. The van der Waals surface area contributed by atoms with Crippen molar-refractivity contribution in [2.45, 2.75) is 32.6 Å². The Bertz CT molecular complexity index is 840. The van der Waals surface area contributed by atoms with Gasteiger partial charge in [0, 0.05) is 11.5 Å². The summed E-state index contributed by atoms with van der Waals surface area (Å²) in [5.74, 6) is 3.31. The molecule has 0 aromatic carbocycles. The Morgan fingerprint density at radius 2 is 2.00 bits per heavy atom. The molecule has 4 heterocycles. The zero-order valence-electron chi connectivity index (χ0n) is 13.9. The van der Waals surface area contributed by atoms with Gasteiger partial charge in [-0.1, -0.05) is 0 Å². The van der Waals surface area contributed by atoms with Gasteiger partial charge in [-0.25, -0.2) is 9.97 Å². The van der Waals surface area contributed by atoms with E-state index >= 15 is 0 Å². The molecule has 0 spiro atoms. The van der Waals surface area contributed by atoms with Crippen LogP contribution >= 0.6 is 0 Å². The van der Waals surface area contributed by atoms with Crippen molar-refractivity contribution in [3.63, 3.8) is 0 Å². The molecule has 0 bridgehead atoms. The molecule has 3 aromatic heterocycles. The number of rotatable bonds is 2. The van der Waals surface area contributed by atoms with Crippen LogP contribution < -0.4 is 0 Å². The molecular weight excluding hydrogens is 288 g/mol. The van der Waals surface area contributed by atoms with Gasteiger partial charge in [-0.05, 0) is 59.0 Å². The number of nitrogens with one attached hydrogen (secondary N) is 1. The van der Waals surface area contributed by atoms with E-state index < -0.39 is 0 Å². The highest BCUT2D eigenvalue weighted by Crippen LogP contribution is 2.30. The quantitative estimate of drug-likeness (QED) is 0.785. The molecule has 4 rings (SSSR count). The van der Waals surface area contributed by atoms with E-state index in [0.29, 0.717) is 5.92 Å². The second-order valence-electron chi connectivity index (χ2n) is 6.61. The largest absolute Gasteiger partial charge is 0.466 e. The van der Waals surface area contributed by atoms with Gasteiger partial charge in [0.1, 0.15) is 17.3 Å². The molecule has 0 aliphatic carbocycles. The molecule has 3 aromatic rings. The molecule has 5 nitrogen and oxygen atoms in total. The van der Waals surface area contributed by atoms with E-state index in [9.17, 15) is 0 Å². The Balaban J connectivity index is 1.68. The van der Waals surface area contributed by atoms with Crippen LogP contribution in [0, 0.1) is 13.8 Å². The number of aromatic nitrogens is 3. The molecule has 0 atom stereocenters. The first kappa shape index (κ1) is 14.5. The fourth-order valence-electron chi connectivity index (χ4n) is 3.44. The Labute approximate surface area is 135 Å². The third kappa shape index (κ3) is 2.65. The van der Waals surface area contributed by atoms with Crippen molar-refractivity contribution in [2.75, 3.05) is 20.1 Å². The SMILES string of the molecule is Cc1cc(-c2cc3nc(C4CCN(C)CC4)ncc3[nH]2)c(C)o1. The van der Waals surface area contributed by atoms with Crippen LogP contribution in [-0.4, -0.2) is 40.0 Å². The number of aromatic amines is 1. The van der Waals surface area contributed by atoms with Gasteiger partial charge < -0.3 is 14.3 Å². The summed E-state index contributed by atoms with van der Waals surface area (Å²) >= 11 is 0. The van der Waals surface area contributed by atoms with Gasteiger partial charge in [0.15, 0.2) is 0 Å². The second-order valence-corrected chi connectivity index (χ2v) is 6.61. The highest BCUT2D eigenvalue weighted by Gasteiger charge is 2.21. The molecule has 0 unspecified atom stereocenters. The van der Waals surface area contributed by atoms with Crippen LogP contribution in [0.1, 0.15) is 36.1 Å². The number of hydrogen-bond donors (Lipinski definition) is 1. The van der Waals surface area contributed by atoms with Crippen molar-refractivity contribution >= 4 is 11.0 Å². The monoisotopic (exact) mass is 310 g/mol. The molecule has 1 aliphatic heterocycles. The summed E-state index contributed by atoms with van der Waals surface area (Å²) in [6, 6.07) is 4.16. The lowest BCUT2D eigenvalue weighted by atomic mass is 9.96. The fraction of sp³-hybridized carbons (Fsp3) is 0.444. The van der Waals surface area contributed by atoms with Crippen LogP contribution in [0.25, 0.3) is 22.3 Å². The summed E-state index contributed by atoms with van der Waals surface area (Å²) in [7, 11) is 2.17. The van der Waals surface area contributed by atoms with Crippen molar-refractivity contribution in [2.24, 2.45) is 0 Å². The first-order valence-corrected chi connectivity index (χ1v) is 8.22. The predicted molar refractivity (Wildman–Crippen MR) is 90.5 cm³/mol. The van der Waals surface area contributed by atoms with Crippen LogP contribution in [-0.2, 0) is 0 Å². The minimum atomic E-state index is 0.479. The number of furan rings is 1. The van der Waals surface area contributed by atoms with E-state index in [1.165, 1.54) is 0 Å². The topological polar surface area (TPSA) is 58.0 Å². The average Bonchev–Trinajstić information content (AvgIpc) is 3.09. The van der Waals surface area contributed by atoms with Crippen LogP contribution in [0.5, 0.6) is 0 Å². The van der Waals surface area contributed by atoms with E-state index in [1.807, 2.05) is 20.0 Å². The standard InChI is InChI=1S/C18H22N4O/c1-11-8-14(12(2)23-11)15-9-16-17(20-15)10-19-18(21-16)13-4-6-22(3)7-5-13/h8-10,13,20H,4-7H2,1-3H3. The molecular formula is C18H22N4O. The van der Waals surface area contributed by atoms with E-state index in [2.05, 4.69) is 34.0 Å². The second kappa shape index (κ2) is 5.49. The van der Waals surface area contributed by atoms with E-state index in [0.717, 1.165) is 65.6 Å². The van der Waals surface area contributed by atoms with E-state index in [1.54, 1.807) is 0 Å². The van der Waals surface area contributed by atoms with Crippen molar-refractivity contribution in [3.05, 3.63) is 35.7 Å². The molecule has 0 saturated carbocycles. The van der Waals surface area contributed by atoms with Crippen molar-refractivity contribution in [1.29, 1.82) is 0 Å². The van der Waals surface area contributed by atoms with Gasteiger partial charge in [0.25, 0.3) is 0 Å². The summed E-state index contributed by atoms with van der Waals surface area (Å²) < 4.78 is 5.63. The van der Waals surface area contributed by atoms with Crippen LogP contribution in [0.15, 0.2) is 22.7 Å². The van der Waals surface area contributed by atoms with E-state index in [4.69, 9.17) is 9.40 Å². The molecule has 120 valence electrons. The molecule has 1 N–H and O–H groups in total. The van der Waals surface area contributed by atoms with Crippen LogP contribution in [0.4, 0.5) is 0 Å². The molecule has 0 radical (unpaired) electrons. The number of likely N-dealkylation sites (tertiary alicyclic amines) is 1. The van der Waals surface area contributed by atoms with Gasteiger partial charge in [-0.2, -0.15) is 0 Å². The molecule has 0 amide bonds. The minimum Gasteiger partial charge on any atom is -0.466 e. The molecule has 23 heavy (non-hydrogen) atoms. The Kier molecular flexibility index (Phi) is 3.45. The third-order valence-electron chi connectivity index (χ3n) is 4.80. The average molecular weight is 310 g/mol. The van der Waals surface area contributed by atoms with Gasteiger partial charge in [-0.3, -0.25) is 0 Å². The van der Waals surface area contributed by atoms with Crippen molar-refractivity contribution in [3.8, 4) is 11.3 Å². The highest BCUT2D eigenvalue weighted by atomic mass is 16.3. The summed E-state index contributed by atoms with van der Waals surface area (Å²) in [5, 5.41) is 0. The molecule has 5 heteroatoms. The lowest BCUT2D eigenvalue weighted by Gasteiger charge is -2.27. The van der Waals surface area contributed by atoms with Gasteiger partial charge >= 0.3 is 0 Å². The Hall–Kier alpha value is -2.14.